The van der Waals surface area contributed by atoms with Crippen LogP contribution < -0.4 is 5.32 Å². The quantitative estimate of drug-likeness (QED) is 0.796. The Balaban J connectivity index is 1.82. The lowest BCUT2D eigenvalue weighted by Crippen LogP contribution is -2.31. The number of ether oxygens (including phenoxy) is 1. The molecule has 1 saturated heterocycles. The Hall–Kier alpha value is -0.900. The summed E-state index contributed by atoms with van der Waals surface area (Å²) in [7, 11) is 0. The Labute approximate surface area is 129 Å². The topological polar surface area (TPSA) is 24.5 Å². The van der Waals surface area contributed by atoms with E-state index >= 15 is 0 Å². The zero-order valence-electron chi connectivity index (χ0n) is 13.8. The second kappa shape index (κ2) is 8.52. The van der Waals surface area contributed by atoms with E-state index in [2.05, 4.69) is 55.3 Å². The van der Waals surface area contributed by atoms with E-state index in [0.29, 0.717) is 12.1 Å². The zero-order valence-corrected chi connectivity index (χ0v) is 13.8. The van der Waals surface area contributed by atoms with E-state index in [0.717, 1.165) is 32.8 Å². The van der Waals surface area contributed by atoms with E-state index in [1.807, 2.05) is 0 Å². The molecule has 1 aliphatic heterocycles. The van der Waals surface area contributed by atoms with Crippen molar-refractivity contribution < 1.29 is 4.74 Å². The van der Waals surface area contributed by atoms with Crippen LogP contribution in [0.15, 0.2) is 24.3 Å². The van der Waals surface area contributed by atoms with E-state index in [9.17, 15) is 0 Å². The van der Waals surface area contributed by atoms with Crippen LogP contribution in [0.25, 0.3) is 0 Å². The summed E-state index contributed by atoms with van der Waals surface area (Å²) < 4.78 is 5.75. The van der Waals surface area contributed by atoms with Crippen LogP contribution in [-0.4, -0.2) is 36.7 Å². The van der Waals surface area contributed by atoms with E-state index in [1.165, 1.54) is 24.0 Å². The fourth-order valence-electron chi connectivity index (χ4n) is 2.72. The summed E-state index contributed by atoms with van der Waals surface area (Å²) in [4.78, 5) is 2.48. The van der Waals surface area contributed by atoms with Gasteiger partial charge in [0.15, 0.2) is 0 Å². The summed E-state index contributed by atoms with van der Waals surface area (Å²) in [6, 6.07) is 9.53. The van der Waals surface area contributed by atoms with Gasteiger partial charge in [0.05, 0.1) is 6.10 Å². The summed E-state index contributed by atoms with van der Waals surface area (Å²) in [6.45, 7) is 11.6. The molecule has 21 heavy (non-hydrogen) atoms. The average Bonchev–Trinajstić information content (AvgIpc) is 2.98. The number of hydrogen-bond acceptors (Lipinski definition) is 3. The van der Waals surface area contributed by atoms with Gasteiger partial charge in [0.25, 0.3) is 0 Å². The highest BCUT2D eigenvalue weighted by Crippen LogP contribution is 2.15. The van der Waals surface area contributed by atoms with Crippen molar-refractivity contribution in [2.75, 3.05) is 19.7 Å². The minimum Gasteiger partial charge on any atom is -0.377 e. The van der Waals surface area contributed by atoms with Gasteiger partial charge in [-0.25, -0.2) is 0 Å². The van der Waals surface area contributed by atoms with Crippen molar-refractivity contribution in [2.24, 2.45) is 0 Å². The molecule has 0 bridgehead atoms. The lowest BCUT2D eigenvalue weighted by atomic mass is 10.1. The third kappa shape index (κ3) is 5.77. The molecule has 0 aliphatic carbocycles. The highest BCUT2D eigenvalue weighted by Gasteiger charge is 2.18. The maximum Gasteiger partial charge on any atom is 0.0702 e. The van der Waals surface area contributed by atoms with Crippen molar-refractivity contribution in [3.8, 4) is 0 Å². The van der Waals surface area contributed by atoms with Crippen LogP contribution in [0, 0.1) is 0 Å². The molecule has 1 N–H and O–H groups in total. The van der Waals surface area contributed by atoms with Gasteiger partial charge in [-0.2, -0.15) is 0 Å². The van der Waals surface area contributed by atoms with Crippen LogP contribution in [0.2, 0.25) is 0 Å². The second-order valence-electron chi connectivity index (χ2n) is 6.31. The molecule has 1 unspecified atom stereocenters. The first kappa shape index (κ1) is 16.5. The molecular formula is C18H30N2O. The van der Waals surface area contributed by atoms with Gasteiger partial charge in [-0.05, 0) is 30.5 Å². The maximum atomic E-state index is 5.75. The fourth-order valence-corrected chi connectivity index (χ4v) is 2.72. The molecule has 0 amide bonds. The van der Waals surface area contributed by atoms with Crippen molar-refractivity contribution in [3.63, 3.8) is 0 Å². The van der Waals surface area contributed by atoms with Crippen LogP contribution in [0.3, 0.4) is 0 Å². The van der Waals surface area contributed by atoms with Gasteiger partial charge in [0.1, 0.15) is 0 Å². The van der Waals surface area contributed by atoms with Crippen molar-refractivity contribution in [1.82, 2.24) is 10.2 Å². The number of benzene rings is 1. The van der Waals surface area contributed by atoms with Crippen LogP contribution in [0.4, 0.5) is 0 Å². The standard InChI is InChI=1S/C18H30N2O/c1-4-20(14-18-6-5-11-21-18)13-17-9-7-16(8-10-17)12-19-15(2)3/h7-10,15,18-19H,4-6,11-14H2,1-3H3. The van der Waals surface area contributed by atoms with E-state index < -0.39 is 0 Å². The molecule has 118 valence electrons. The lowest BCUT2D eigenvalue weighted by Gasteiger charge is -2.23. The van der Waals surface area contributed by atoms with Gasteiger partial charge in [-0.3, -0.25) is 4.90 Å². The Morgan fingerprint density at radius 2 is 1.95 bits per heavy atom. The van der Waals surface area contributed by atoms with Gasteiger partial charge >= 0.3 is 0 Å². The summed E-state index contributed by atoms with van der Waals surface area (Å²) in [5, 5.41) is 3.45. The molecule has 0 aromatic heterocycles. The summed E-state index contributed by atoms with van der Waals surface area (Å²) in [5.41, 5.74) is 2.75. The third-order valence-electron chi connectivity index (χ3n) is 4.08. The van der Waals surface area contributed by atoms with Gasteiger partial charge in [-0.1, -0.05) is 45.0 Å². The number of hydrogen-bond donors (Lipinski definition) is 1. The van der Waals surface area contributed by atoms with Crippen molar-refractivity contribution in [3.05, 3.63) is 35.4 Å². The highest BCUT2D eigenvalue weighted by atomic mass is 16.5. The van der Waals surface area contributed by atoms with Crippen molar-refractivity contribution in [2.45, 2.75) is 58.8 Å². The van der Waals surface area contributed by atoms with Crippen molar-refractivity contribution in [1.29, 1.82) is 0 Å². The largest absolute Gasteiger partial charge is 0.377 e. The Morgan fingerprint density at radius 3 is 2.52 bits per heavy atom. The monoisotopic (exact) mass is 290 g/mol. The number of likely N-dealkylation sites (N-methyl/N-ethyl adjacent to an activating group) is 1. The molecule has 3 heteroatoms. The minimum absolute atomic E-state index is 0.444. The molecule has 0 spiro atoms. The summed E-state index contributed by atoms with van der Waals surface area (Å²) >= 11 is 0. The second-order valence-corrected chi connectivity index (χ2v) is 6.31. The Morgan fingerprint density at radius 1 is 1.24 bits per heavy atom. The molecule has 1 aromatic carbocycles. The molecule has 3 nitrogen and oxygen atoms in total. The van der Waals surface area contributed by atoms with Crippen LogP contribution in [0.1, 0.15) is 44.7 Å². The normalized spacial score (nSPS) is 18.8. The van der Waals surface area contributed by atoms with E-state index in [1.54, 1.807) is 0 Å². The summed E-state index contributed by atoms with van der Waals surface area (Å²) in [5.74, 6) is 0. The predicted molar refractivity (Wildman–Crippen MR) is 88.3 cm³/mol. The van der Waals surface area contributed by atoms with Crippen LogP contribution >= 0.6 is 0 Å². The molecular weight excluding hydrogens is 260 g/mol. The predicted octanol–water partition coefficient (Wildman–Crippen LogP) is 3.19. The molecule has 1 aliphatic rings. The van der Waals surface area contributed by atoms with Gasteiger partial charge in [0, 0.05) is 32.3 Å². The number of nitrogens with one attached hydrogen (secondary N) is 1. The highest BCUT2D eigenvalue weighted by molar-refractivity contribution is 5.22. The summed E-state index contributed by atoms with van der Waals surface area (Å²) in [6.07, 6.45) is 2.88. The molecule has 0 radical (unpaired) electrons. The molecule has 0 saturated carbocycles. The number of rotatable bonds is 8. The first-order valence-corrected chi connectivity index (χ1v) is 8.32. The molecule has 1 aromatic rings. The van der Waals surface area contributed by atoms with Gasteiger partial charge in [0.2, 0.25) is 0 Å². The van der Waals surface area contributed by atoms with Gasteiger partial charge < -0.3 is 10.1 Å². The lowest BCUT2D eigenvalue weighted by molar-refractivity contribution is 0.0725. The van der Waals surface area contributed by atoms with E-state index in [-0.39, 0.29) is 0 Å². The first-order valence-electron chi connectivity index (χ1n) is 8.32. The molecule has 1 fully saturated rings. The SMILES string of the molecule is CCN(Cc1ccc(CNC(C)C)cc1)CC1CCCO1. The maximum absolute atomic E-state index is 5.75. The Bertz CT molecular complexity index is 396. The van der Waals surface area contributed by atoms with E-state index in [4.69, 9.17) is 4.74 Å². The smallest absolute Gasteiger partial charge is 0.0702 e. The average molecular weight is 290 g/mol. The first-order chi connectivity index (χ1) is 10.2. The van der Waals surface area contributed by atoms with Crippen LogP contribution in [-0.2, 0) is 17.8 Å². The third-order valence-corrected chi connectivity index (χ3v) is 4.08. The minimum atomic E-state index is 0.444. The van der Waals surface area contributed by atoms with Crippen LogP contribution in [0.5, 0.6) is 0 Å². The van der Waals surface area contributed by atoms with Gasteiger partial charge in [-0.15, -0.1) is 0 Å². The number of nitrogens with zero attached hydrogens (tertiary/aromatic N) is 1. The zero-order chi connectivity index (χ0) is 15.1. The molecule has 1 atom stereocenters. The molecule has 1 heterocycles. The fraction of sp³-hybridized carbons (Fsp3) is 0.667. The molecule has 2 rings (SSSR count). The Kier molecular flexibility index (Phi) is 6.68. The van der Waals surface area contributed by atoms with Crippen molar-refractivity contribution >= 4 is 0 Å².